The number of aliphatic imine (C=N–C) groups is 1. The van der Waals surface area contributed by atoms with Crippen molar-refractivity contribution in [3.63, 3.8) is 0 Å². The van der Waals surface area contributed by atoms with E-state index in [4.69, 9.17) is 16.3 Å². The minimum Gasteiger partial charge on any atom is -0.437 e. The third-order valence-electron chi connectivity index (χ3n) is 3.15. The second-order valence-electron chi connectivity index (χ2n) is 5.09. The molecule has 0 unspecified atom stereocenters. The van der Waals surface area contributed by atoms with Crippen LogP contribution in [0.15, 0.2) is 40.7 Å². The van der Waals surface area contributed by atoms with Gasteiger partial charge in [0, 0.05) is 5.02 Å². The van der Waals surface area contributed by atoms with E-state index >= 15 is 0 Å². The van der Waals surface area contributed by atoms with E-state index in [1.54, 1.807) is 24.3 Å². The Balaban J connectivity index is 2.43. The highest BCUT2D eigenvalue weighted by Gasteiger charge is 2.29. The van der Waals surface area contributed by atoms with Gasteiger partial charge in [-0.2, -0.15) is 0 Å². The number of halogens is 1. The number of methoxy groups -OCH3 is 1. The van der Waals surface area contributed by atoms with E-state index in [2.05, 4.69) is 9.73 Å². The summed E-state index contributed by atoms with van der Waals surface area (Å²) in [6.07, 6.45) is -0.865. The molecular formula is C16H16ClNO4. The number of carbonyl (C=O) groups excluding carboxylic acids is 2. The van der Waals surface area contributed by atoms with Gasteiger partial charge in [0.2, 0.25) is 5.78 Å². The van der Waals surface area contributed by atoms with E-state index in [1.165, 1.54) is 7.11 Å². The molecule has 0 atom stereocenters. The van der Waals surface area contributed by atoms with Gasteiger partial charge in [0.15, 0.2) is 5.76 Å². The van der Waals surface area contributed by atoms with Crippen LogP contribution in [0.2, 0.25) is 5.02 Å². The van der Waals surface area contributed by atoms with Crippen LogP contribution < -0.4 is 0 Å². The highest BCUT2D eigenvalue weighted by molar-refractivity contribution is 6.30. The van der Waals surface area contributed by atoms with Crippen molar-refractivity contribution in [2.24, 2.45) is 10.9 Å². The number of nitrogens with zero attached hydrogens (tertiary/aromatic N) is 1. The first-order chi connectivity index (χ1) is 10.4. The minimum absolute atomic E-state index is 0.0421. The van der Waals surface area contributed by atoms with E-state index in [9.17, 15) is 9.59 Å². The van der Waals surface area contributed by atoms with Gasteiger partial charge in [0.1, 0.15) is 0 Å². The normalized spacial score (nSPS) is 15.0. The molecule has 6 heteroatoms. The van der Waals surface area contributed by atoms with Crippen LogP contribution in [0.4, 0.5) is 4.79 Å². The van der Waals surface area contributed by atoms with Gasteiger partial charge in [0.25, 0.3) is 0 Å². The predicted molar refractivity (Wildman–Crippen MR) is 83.0 cm³/mol. The molecule has 5 nitrogen and oxygen atoms in total. The Morgan fingerprint density at radius 1 is 1.27 bits per heavy atom. The Hall–Kier alpha value is -2.14. The summed E-state index contributed by atoms with van der Waals surface area (Å²) < 4.78 is 9.41. The molecule has 0 aromatic heterocycles. The van der Waals surface area contributed by atoms with Gasteiger partial charge in [-0.3, -0.25) is 9.79 Å². The fourth-order valence-corrected chi connectivity index (χ4v) is 2.17. The Labute approximate surface area is 133 Å². The molecule has 0 spiro atoms. The fraction of sp³-hybridized carbons (Fsp3) is 0.312. The number of benzene rings is 1. The first-order valence-corrected chi connectivity index (χ1v) is 7.16. The van der Waals surface area contributed by atoms with Gasteiger partial charge in [-0.25, -0.2) is 4.79 Å². The summed E-state index contributed by atoms with van der Waals surface area (Å²) in [6.45, 7) is 3.75. The highest BCUT2D eigenvalue weighted by Crippen LogP contribution is 2.27. The van der Waals surface area contributed by atoms with Crippen molar-refractivity contribution in [3.8, 4) is 0 Å². The van der Waals surface area contributed by atoms with E-state index < -0.39 is 6.16 Å². The molecule has 2 rings (SSSR count). The quantitative estimate of drug-likeness (QED) is 0.795. The van der Waals surface area contributed by atoms with Crippen LogP contribution >= 0.6 is 11.6 Å². The van der Waals surface area contributed by atoms with Crippen molar-refractivity contribution in [2.45, 2.75) is 20.3 Å². The average Bonchev–Trinajstić information content (AvgIpc) is 2.49. The molecule has 0 N–H and O–H groups in total. The lowest BCUT2D eigenvalue weighted by atomic mass is 9.97. The van der Waals surface area contributed by atoms with E-state index in [-0.39, 0.29) is 23.9 Å². The van der Waals surface area contributed by atoms with E-state index in [0.717, 1.165) is 5.56 Å². The summed E-state index contributed by atoms with van der Waals surface area (Å²) in [5.41, 5.74) is 1.88. The topological polar surface area (TPSA) is 65.0 Å². The molecule has 0 aliphatic carbocycles. The third-order valence-corrected chi connectivity index (χ3v) is 3.40. The molecule has 22 heavy (non-hydrogen) atoms. The van der Waals surface area contributed by atoms with Crippen LogP contribution in [0.25, 0.3) is 0 Å². The van der Waals surface area contributed by atoms with Gasteiger partial charge in [-0.1, -0.05) is 37.6 Å². The highest BCUT2D eigenvalue weighted by atomic mass is 35.5. The molecule has 0 amide bonds. The maximum absolute atomic E-state index is 12.3. The summed E-state index contributed by atoms with van der Waals surface area (Å²) in [7, 11) is 1.19. The van der Waals surface area contributed by atoms with Crippen molar-refractivity contribution in [2.75, 3.05) is 7.11 Å². The van der Waals surface area contributed by atoms with Crippen LogP contribution in [0.3, 0.4) is 0 Å². The number of hydrogen-bond acceptors (Lipinski definition) is 5. The number of carbonyl (C=O) groups is 2. The zero-order chi connectivity index (χ0) is 16.3. The maximum Gasteiger partial charge on any atom is 0.513 e. The number of ketones is 1. The summed E-state index contributed by atoms with van der Waals surface area (Å²) in [5.74, 6) is -0.417. The molecule has 1 heterocycles. The molecule has 116 valence electrons. The standard InChI is InChI=1S/C16H16ClNO4/c1-9(2)14-15(22-16(20)21-3)13(19)8-12(18-14)10-4-6-11(17)7-5-10/h4-7,9H,8H2,1-3H3. The lowest BCUT2D eigenvalue weighted by molar-refractivity contribution is -0.117. The smallest absolute Gasteiger partial charge is 0.437 e. The summed E-state index contributed by atoms with van der Waals surface area (Å²) >= 11 is 5.87. The van der Waals surface area contributed by atoms with Crippen LogP contribution in [-0.4, -0.2) is 24.8 Å². The fourth-order valence-electron chi connectivity index (χ4n) is 2.05. The Morgan fingerprint density at radius 3 is 2.45 bits per heavy atom. The molecule has 1 aromatic rings. The summed E-state index contributed by atoms with van der Waals surface area (Å²) in [5, 5.41) is 0.612. The molecule has 0 fully saturated rings. The second-order valence-corrected chi connectivity index (χ2v) is 5.53. The zero-order valence-electron chi connectivity index (χ0n) is 12.6. The van der Waals surface area contributed by atoms with Crippen LogP contribution in [0, 0.1) is 5.92 Å². The van der Waals surface area contributed by atoms with Crippen molar-refractivity contribution >= 4 is 29.3 Å². The second kappa shape index (κ2) is 6.75. The van der Waals surface area contributed by atoms with Crippen molar-refractivity contribution < 1.29 is 19.1 Å². The Kier molecular flexibility index (Phi) is 4.98. The lowest BCUT2D eigenvalue weighted by Gasteiger charge is -2.19. The predicted octanol–water partition coefficient (Wildman–Crippen LogP) is 3.75. The zero-order valence-corrected chi connectivity index (χ0v) is 13.3. The van der Waals surface area contributed by atoms with Crippen molar-refractivity contribution in [3.05, 3.63) is 46.3 Å². The SMILES string of the molecule is COC(=O)OC1=C(C(C)C)N=C(c2ccc(Cl)cc2)CC1=O. The first kappa shape index (κ1) is 16.2. The number of Topliss-reactive ketones (excluding diaryl/α,β-unsaturated/α-hetero) is 1. The molecule has 0 bridgehead atoms. The number of allylic oxidation sites excluding steroid dienone is 2. The molecule has 1 aromatic carbocycles. The van der Waals surface area contributed by atoms with E-state index in [0.29, 0.717) is 16.4 Å². The van der Waals surface area contributed by atoms with Crippen molar-refractivity contribution in [1.82, 2.24) is 0 Å². The van der Waals surface area contributed by atoms with Gasteiger partial charge in [-0.05, 0) is 23.6 Å². The third kappa shape index (κ3) is 3.54. The number of ether oxygens (including phenoxy) is 2. The van der Waals surface area contributed by atoms with Gasteiger partial charge >= 0.3 is 6.16 Å². The van der Waals surface area contributed by atoms with Crippen LogP contribution in [0.5, 0.6) is 0 Å². The molecular weight excluding hydrogens is 306 g/mol. The molecule has 0 radical (unpaired) electrons. The Morgan fingerprint density at radius 2 is 1.91 bits per heavy atom. The van der Waals surface area contributed by atoms with E-state index in [1.807, 2.05) is 13.8 Å². The maximum atomic E-state index is 12.3. The molecule has 0 saturated heterocycles. The average molecular weight is 322 g/mol. The summed E-state index contributed by atoms with van der Waals surface area (Å²) in [4.78, 5) is 28.1. The van der Waals surface area contributed by atoms with Gasteiger partial charge < -0.3 is 9.47 Å². The molecule has 1 aliphatic heterocycles. The van der Waals surface area contributed by atoms with Crippen LogP contribution in [0.1, 0.15) is 25.8 Å². The van der Waals surface area contributed by atoms with Crippen LogP contribution in [-0.2, 0) is 14.3 Å². The number of hydrogen-bond donors (Lipinski definition) is 0. The lowest BCUT2D eigenvalue weighted by Crippen LogP contribution is -2.23. The Bertz CT molecular complexity index is 659. The largest absolute Gasteiger partial charge is 0.513 e. The number of rotatable bonds is 3. The summed E-state index contributed by atoms with van der Waals surface area (Å²) in [6, 6.07) is 7.09. The minimum atomic E-state index is -0.924. The van der Waals surface area contributed by atoms with Gasteiger partial charge in [0.05, 0.1) is 24.9 Å². The molecule has 0 saturated carbocycles. The monoisotopic (exact) mass is 321 g/mol. The van der Waals surface area contributed by atoms with Crippen molar-refractivity contribution in [1.29, 1.82) is 0 Å². The van der Waals surface area contributed by atoms with Gasteiger partial charge in [-0.15, -0.1) is 0 Å². The first-order valence-electron chi connectivity index (χ1n) is 6.79. The molecule has 1 aliphatic rings.